The molecule has 3 nitrogen and oxygen atoms in total. The van der Waals surface area contributed by atoms with E-state index < -0.39 is 12.1 Å². The molecular weight excluding hydrogens is 293 g/mol. The summed E-state index contributed by atoms with van der Waals surface area (Å²) in [7, 11) is 0. The van der Waals surface area contributed by atoms with Crippen LogP contribution in [-0.4, -0.2) is 36.6 Å². The molecular formula is C16H19F3N2O. The molecule has 22 heavy (non-hydrogen) atoms. The molecule has 0 saturated carbocycles. The molecule has 0 aliphatic carbocycles. The molecule has 1 aromatic carbocycles. The molecule has 2 aliphatic rings. The quantitative estimate of drug-likeness (QED) is 0.861. The van der Waals surface area contributed by atoms with Crippen molar-refractivity contribution in [3.63, 3.8) is 0 Å². The Bertz CT molecular complexity index is 571. The Kier molecular flexibility index (Phi) is 4.02. The minimum Gasteiger partial charge on any atom is -0.385 e. The van der Waals surface area contributed by atoms with Crippen molar-refractivity contribution in [2.24, 2.45) is 5.92 Å². The van der Waals surface area contributed by atoms with Crippen molar-refractivity contribution >= 4 is 11.6 Å². The van der Waals surface area contributed by atoms with E-state index in [4.69, 9.17) is 0 Å². The van der Waals surface area contributed by atoms with Gasteiger partial charge in [0.15, 0.2) is 0 Å². The van der Waals surface area contributed by atoms with Gasteiger partial charge in [-0.2, -0.15) is 13.2 Å². The highest BCUT2D eigenvalue weighted by Gasteiger charge is 2.43. The molecule has 2 heterocycles. The summed E-state index contributed by atoms with van der Waals surface area (Å²) in [5.41, 5.74) is 2.42. The third-order valence-corrected chi connectivity index (χ3v) is 4.50. The maximum atomic E-state index is 12.9. The maximum absolute atomic E-state index is 12.9. The summed E-state index contributed by atoms with van der Waals surface area (Å²) in [6, 6.07) is 5.43. The van der Waals surface area contributed by atoms with Crippen LogP contribution in [0.25, 0.3) is 0 Å². The summed E-state index contributed by atoms with van der Waals surface area (Å²) in [5, 5.41) is 3.24. The number of carbonyl (C=O) groups is 1. The molecule has 1 unspecified atom stereocenters. The predicted molar refractivity (Wildman–Crippen MR) is 77.9 cm³/mol. The lowest BCUT2D eigenvalue weighted by molar-refractivity contribution is -0.184. The van der Waals surface area contributed by atoms with E-state index in [1.165, 1.54) is 4.90 Å². The smallest absolute Gasteiger partial charge is 0.385 e. The van der Waals surface area contributed by atoms with Gasteiger partial charge in [-0.1, -0.05) is 6.07 Å². The lowest BCUT2D eigenvalue weighted by atomic mass is 9.94. The highest BCUT2D eigenvalue weighted by Crippen LogP contribution is 2.34. The van der Waals surface area contributed by atoms with E-state index in [0.29, 0.717) is 18.5 Å². The third kappa shape index (κ3) is 2.91. The second kappa shape index (κ2) is 5.82. The van der Waals surface area contributed by atoms with Crippen molar-refractivity contribution in [1.82, 2.24) is 4.90 Å². The average Bonchev–Trinajstić information content (AvgIpc) is 2.53. The number of nitrogens with one attached hydrogen (secondary N) is 1. The molecule has 1 N–H and O–H groups in total. The van der Waals surface area contributed by atoms with Crippen LogP contribution in [0, 0.1) is 5.92 Å². The number of carbonyl (C=O) groups excluding carboxylic acids is 1. The van der Waals surface area contributed by atoms with Crippen molar-refractivity contribution < 1.29 is 18.0 Å². The zero-order valence-corrected chi connectivity index (χ0v) is 12.2. The molecule has 1 amide bonds. The van der Waals surface area contributed by atoms with Crippen LogP contribution in [0.4, 0.5) is 18.9 Å². The predicted octanol–water partition coefficient (Wildman–Crippen LogP) is 3.46. The zero-order valence-electron chi connectivity index (χ0n) is 12.2. The Hall–Kier alpha value is -1.72. The summed E-state index contributed by atoms with van der Waals surface area (Å²) in [6.45, 7) is 1.05. The monoisotopic (exact) mass is 312 g/mol. The van der Waals surface area contributed by atoms with E-state index in [2.05, 4.69) is 5.32 Å². The number of alkyl halides is 3. The van der Waals surface area contributed by atoms with Gasteiger partial charge in [0.25, 0.3) is 5.91 Å². The van der Waals surface area contributed by atoms with E-state index in [-0.39, 0.29) is 18.9 Å². The summed E-state index contributed by atoms with van der Waals surface area (Å²) < 4.78 is 38.7. The number of rotatable bonds is 1. The lowest BCUT2D eigenvalue weighted by Gasteiger charge is -2.34. The van der Waals surface area contributed by atoms with Crippen LogP contribution in [0.1, 0.15) is 35.2 Å². The molecule has 1 atom stereocenters. The fourth-order valence-corrected chi connectivity index (χ4v) is 3.31. The van der Waals surface area contributed by atoms with E-state index in [0.717, 1.165) is 30.6 Å². The largest absolute Gasteiger partial charge is 0.393 e. The molecule has 0 radical (unpaired) electrons. The Morgan fingerprint density at radius 2 is 2.09 bits per heavy atom. The fraction of sp³-hybridized carbons (Fsp3) is 0.562. The van der Waals surface area contributed by atoms with Crippen LogP contribution >= 0.6 is 0 Å². The number of halogens is 3. The van der Waals surface area contributed by atoms with Crippen molar-refractivity contribution in [3.05, 3.63) is 29.3 Å². The molecule has 1 aromatic rings. The molecule has 0 aromatic heterocycles. The molecule has 0 bridgehead atoms. The summed E-state index contributed by atoms with van der Waals surface area (Å²) in [6.07, 6.45) is -1.98. The first-order chi connectivity index (χ1) is 10.5. The number of anilines is 1. The topological polar surface area (TPSA) is 32.3 Å². The van der Waals surface area contributed by atoms with Gasteiger partial charge in [0.2, 0.25) is 0 Å². The van der Waals surface area contributed by atoms with Gasteiger partial charge < -0.3 is 10.2 Å². The highest BCUT2D eigenvalue weighted by atomic mass is 19.4. The van der Waals surface area contributed by atoms with Crippen molar-refractivity contribution in [2.75, 3.05) is 25.0 Å². The van der Waals surface area contributed by atoms with Crippen molar-refractivity contribution in [1.29, 1.82) is 0 Å². The van der Waals surface area contributed by atoms with Gasteiger partial charge in [-0.05, 0) is 43.4 Å². The lowest BCUT2D eigenvalue weighted by Crippen LogP contribution is -2.44. The van der Waals surface area contributed by atoms with E-state index >= 15 is 0 Å². The molecule has 2 aliphatic heterocycles. The van der Waals surface area contributed by atoms with Gasteiger partial charge in [0, 0.05) is 30.9 Å². The number of likely N-dealkylation sites (tertiary alicyclic amines) is 1. The van der Waals surface area contributed by atoms with E-state index in [1.54, 1.807) is 12.1 Å². The Morgan fingerprint density at radius 3 is 2.86 bits per heavy atom. The normalized spacial score (nSPS) is 22.0. The highest BCUT2D eigenvalue weighted by molar-refractivity contribution is 5.97. The first-order valence-corrected chi connectivity index (χ1v) is 7.68. The third-order valence-electron chi connectivity index (χ3n) is 4.50. The Balaban J connectivity index is 1.82. The first kappa shape index (κ1) is 15.2. The number of amides is 1. The Labute approximate surface area is 127 Å². The molecule has 6 heteroatoms. The number of benzene rings is 1. The molecule has 1 fully saturated rings. The molecule has 1 saturated heterocycles. The SMILES string of the molecule is O=C(c1cccc2c1CCCN2)N1CCCC(C(F)(F)F)C1. The number of hydrogen-bond acceptors (Lipinski definition) is 2. The van der Waals surface area contributed by atoms with Gasteiger partial charge in [0.05, 0.1) is 5.92 Å². The first-order valence-electron chi connectivity index (χ1n) is 7.68. The zero-order chi connectivity index (χ0) is 15.7. The van der Waals surface area contributed by atoms with Crippen LogP contribution in [0.3, 0.4) is 0 Å². The molecule has 0 spiro atoms. The number of fused-ring (bicyclic) bond motifs is 1. The van der Waals surface area contributed by atoms with Gasteiger partial charge in [-0.3, -0.25) is 4.79 Å². The van der Waals surface area contributed by atoms with Crippen molar-refractivity contribution in [2.45, 2.75) is 31.9 Å². The van der Waals surface area contributed by atoms with E-state index in [1.807, 2.05) is 6.07 Å². The number of hydrogen-bond donors (Lipinski definition) is 1. The van der Waals surface area contributed by atoms with Crippen LogP contribution in [-0.2, 0) is 6.42 Å². The molecule has 3 rings (SSSR count). The van der Waals surface area contributed by atoms with Gasteiger partial charge in [-0.25, -0.2) is 0 Å². The average molecular weight is 312 g/mol. The van der Waals surface area contributed by atoms with E-state index in [9.17, 15) is 18.0 Å². The fourth-order valence-electron chi connectivity index (χ4n) is 3.31. The minimum absolute atomic E-state index is 0.113. The second-order valence-corrected chi connectivity index (χ2v) is 5.99. The van der Waals surface area contributed by atoms with Crippen LogP contribution in [0.2, 0.25) is 0 Å². The van der Waals surface area contributed by atoms with Gasteiger partial charge >= 0.3 is 6.18 Å². The maximum Gasteiger partial charge on any atom is 0.393 e. The summed E-state index contributed by atoms with van der Waals surface area (Å²) in [5.74, 6) is -1.67. The van der Waals surface area contributed by atoms with Crippen LogP contribution in [0.15, 0.2) is 18.2 Å². The Morgan fingerprint density at radius 1 is 1.27 bits per heavy atom. The summed E-state index contributed by atoms with van der Waals surface area (Å²) >= 11 is 0. The van der Waals surface area contributed by atoms with Crippen molar-refractivity contribution in [3.8, 4) is 0 Å². The second-order valence-electron chi connectivity index (χ2n) is 5.99. The number of piperidine rings is 1. The van der Waals surface area contributed by atoms with Gasteiger partial charge in [-0.15, -0.1) is 0 Å². The minimum atomic E-state index is -4.23. The standard InChI is InChI=1S/C16H19F3N2O/c17-16(18,19)11-4-3-9-21(10-11)15(22)13-5-1-7-14-12(13)6-2-8-20-14/h1,5,7,11,20H,2-4,6,8-10H2. The van der Waals surface area contributed by atoms with Crippen LogP contribution < -0.4 is 5.32 Å². The molecule has 120 valence electrons. The number of nitrogens with zero attached hydrogens (tertiary/aromatic N) is 1. The van der Waals surface area contributed by atoms with Gasteiger partial charge in [0.1, 0.15) is 0 Å². The summed E-state index contributed by atoms with van der Waals surface area (Å²) in [4.78, 5) is 14.0. The van der Waals surface area contributed by atoms with Crippen LogP contribution in [0.5, 0.6) is 0 Å².